The number of halogens is 1. The van der Waals surface area contributed by atoms with Crippen LogP contribution in [0, 0.1) is 0 Å². The number of para-hydroxylation sites is 1. The van der Waals surface area contributed by atoms with Gasteiger partial charge in [0.1, 0.15) is 5.82 Å². The molecular weight excluding hydrogens is 532 g/mol. The Labute approximate surface area is 235 Å². The predicted molar refractivity (Wildman–Crippen MR) is 156 cm³/mol. The van der Waals surface area contributed by atoms with Crippen LogP contribution in [0.15, 0.2) is 113 Å². The van der Waals surface area contributed by atoms with E-state index in [1.54, 1.807) is 0 Å². The van der Waals surface area contributed by atoms with E-state index in [1.165, 1.54) is 11.8 Å². The number of anilines is 1. The third kappa shape index (κ3) is 5.32. The highest BCUT2D eigenvalue weighted by atomic mass is 35.5. The van der Waals surface area contributed by atoms with Crippen molar-refractivity contribution in [2.75, 3.05) is 10.7 Å². The first-order valence-electron chi connectivity index (χ1n) is 12.4. The summed E-state index contributed by atoms with van der Waals surface area (Å²) in [7, 11) is 0. The van der Waals surface area contributed by atoms with Crippen LogP contribution in [0.25, 0.3) is 0 Å². The topological polar surface area (TPSA) is 51.0 Å². The van der Waals surface area contributed by atoms with Gasteiger partial charge in [0.2, 0.25) is 5.91 Å². The van der Waals surface area contributed by atoms with Crippen LogP contribution in [0.1, 0.15) is 17.0 Å². The number of amides is 1. The average molecular weight is 557 g/mol. The third-order valence-electron chi connectivity index (χ3n) is 6.59. The molecule has 0 radical (unpaired) electrons. The van der Waals surface area contributed by atoms with Gasteiger partial charge in [-0.1, -0.05) is 102 Å². The molecule has 0 fully saturated rings. The zero-order valence-corrected chi connectivity index (χ0v) is 22.9. The van der Waals surface area contributed by atoms with Crippen molar-refractivity contribution in [1.29, 1.82) is 0 Å². The molecule has 8 heteroatoms. The quantitative estimate of drug-likeness (QED) is 0.238. The maximum absolute atomic E-state index is 13.8. The monoisotopic (exact) mass is 556 g/mol. The van der Waals surface area contributed by atoms with Crippen LogP contribution in [0.4, 0.5) is 5.69 Å². The van der Waals surface area contributed by atoms with E-state index in [4.69, 9.17) is 11.6 Å². The number of nitrogens with zero attached hydrogens (tertiary/aromatic N) is 4. The average Bonchev–Trinajstić information content (AvgIpc) is 3.32. The first-order chi connectivity index (χ1) is 18.7. The molecule has 0 bridgehead atoms. The number of fused-ring (bicyclic) bond motifs is 2. The number of carbonyl (C=O) groups excluding carboxylic acids is 1. The second-order valence-corrected chi connectivity index (χ2v) is 11.7. The Kier molecular flexibility index (Phi) is 7.40. The van der Waals surface area contributed by atoms with Crippen molar-refractivity contribution in [3.05, 3.63) is 125 Å². The molecule has 0 saturated heterocycles. The number of carbonyl (C=O) groups is 1. The number of hydrogen-bond donors (Lipinski definition) is 0. The van der Waals surface area contributed by atoms with Crippen LogP contribution in [-0.2, 0) is 17.8 Å². The number of benzene rings is 3. The SMILES string of the molecule is O=C(CSc1nnc(Cc2ccccc2)n1Cc1ccc(Cl)cc1)N1c2ccccc2S[C@H]2C=CC=C[C@@H]21. The highest BCUT2D eigenvalue weighted by Gasteiger charge is 2.36. The lowest BCUT2D eigenvalue weighted by Crippen LogP contribution is -2.48. The highest BCUT2D eigenvalue weighted by molar-refractivity contribution is 8.00. The second kappa shape index (κ2) is 11.2. The summed E-state index contributed by atoms with van der Waals surface area (Å²) in [5.41, 5.74) is 3.23. The van der Waals surface area contributed by atoms with Crippen LogP contribution in [-0.4, -0.2) is 37.7 Å². The molecule has 2 heterocycles. The number of thioether (sulfide) groups is 2. The molecule has 2 aliphatic rings. The van der Waals surface area contributed by atoms with Crippen molar-refractivity contribution in [3.8, 4) is 0 Å². The first kappa shape index (κ1) is 25.0. The molecule has 1 aliphatic heterocycles. The molecule has 3 aromatic carbocycles. The van der Waals surface area contributed by atoms with Gasteiger partial charge < -0.3 is 9.47 Å². The van der Waals surface area contributed by atoms with E-state index in [-0.39, 0.29) is 23.0 Å². The third-order valence-corrected chi connectivity index (χ3v) is 9.10. The summed E-state index contributed by atoms with van der Waals surface area (Å²) in [4.78, 5) is 16.8. The minimum atomic E-state index is -0.00595. The Bertz CT molecular complexity index is 1500. The van der Waals surface area contributed by atoms with Crippen molar-refractivity contribution in [2.24, 2.45) is 0 Å². The van der Waals surface area contributed by atoms with Crippen LogP contribution >= 0.6 is 35.1 Å². The van der Waals surface area contributed by atoms with E-state index in [0.717, 1.165) is 32.7 Å². The van der Waals surface area contributed by atoms with Crippen LogP contribution in [0.3, 0.4) is 0 Å². The second-order valence-electron chi connectivity index (χ2n) is 9.14. The standard InChI is InChI=1S/C30H25ClN4OS2/c31-23-16-14-22(15-17-23)19-34-28(18-21-8-2-1-3-9-21)32-33-30(34)37-20-29(36)35-24-10-4-6-12-26(24)38-27-13-7-5-11-25(27)35/h1-17,24,26H,18-20H2/t24-,26-/m0/s1. The molecular formula is C30H25ClN4OS2. The fourth-order valence-corrected chi connectivity index (χ4v) is 6.94. The fourth-order valence-electron chi connectivity index (χ4n) is 4.74. The smallest absolute Gasteiger partial charge is 0.238 e. The minimum Gasteiger partial charge on any atom is -0.302 e. The number of allylic oxidation sites excluding steroid dienone is 2. The molecule has 0 spiro atoms. The van der Waals surface area contributed by atoms with E-state index < -0.39 is 0 Å². The van der Waals surface area contributed by atoms with Gasteiger partial charge in [-0.15, -0.1) is 22.0 Å². The summed E-state index contributed by atoms with van der Waals surface area (Å²) >= 11 is 9.37. The van der Waals surface area contributed by atoms with Crippen molar-refractivity contribution in [2.45, 2.75) is 34.3 Å². The highest BCUT2D eigenvalue weighted by Crippen LogP contribution is 2.43. The Morgan fingerprint density at radius 3 is 2.50 bits per heavy atom. The lowest BCUT2D eigenvalue weighted by Gasteiger charge is -2.40. The predicted octanol–water partition coefficient (Wildman–Crippen LogP) is 6.66. The van der Waals surface area contributed by atoms with E-state index in [0.29, 0.717) is 18.0 Å². The van der Waals surface area contributed by atoms with E-state index in [2.05, 4.69) is 51.2 Å². The Balaban J connectivity index is 1.26. The largest absolute Gasteiger partial charge is 0.302 e. The van der Waals surface area contributed by atoms with Gasteiger partial charge in [0.15, 0.2) is 5.16 Å². The van der Waals surface area contributed by atoms with Crippen LogP contribution in [0.5, 0.6) is 0 Å². The van der Waals surface area contributed by atoms with Gasteiger partial charge in [-0.3, -0.25) is 4.79 Å². The Morgan fingerprint density at radius 2 is 1.66 bits per heavy atom. The van der Waals surface area contributed by atoms with E-state index in [1.807, 2.05) is 83.4 Å². The van der Waals surface area contributed by atoms with Gasteiger partial charge >= 0.3 is 0 Å². The van der Waals surface area contributed by atoms with Crippen LogP contribution in [0.2, 0.25) is 5.02 Å². The van der Waals surface area contributed by atoms with Crippen molar-refractivity contribution in [1.82, 2.24) is 14.8 Å². The fraction of sp³-hybridized carbons (Fsp3) is 0.167. The molecule has 5 nitrogen and oxygen atoms in total. The Hall–Kier alpha value is -3.26. The molecule has 0 saturated carbocycles. The van der Waals surface area contributed by atoms with Gasteiger partial charge in [-0.2, -0.15) is 0 Å². The Morgan fingerprint density at radius 1 is 0.895 bits per heavy atom. The van der Waals surface area contributed by atoms with Gasteiger partial charge in [0.05, 0.1) is 29.3 Å². The molecule has 1 amide bonds. The summed E-state index contributed by atoms with van der Waals surface area (Å²) in [6.07, 6.45) is 9.05. The molecule has 2 atom stereocenters. The normalized spacial score (nSPS) is 17.8. The maximum atomic E-state index is 13.8. The number of hydrogen-bond acceptors (Lipinski definition) is 5. The van der Waals surface area contributed by atoms with Gasteiger partial charge in [-0.25, -0.2) is 0 Å². The van der Waals surface area contributed by atoms with Crippen molar-refractivity contribution < 1.29 is 4.79 Å². The zero-order valence-electron chi connectivity index (χ0n) is 20.5. The van der Waals surface area contributed by atoms with Gasteiger partial charge in [-0.05, 0) is 35.4 Å². The maximum Gasteiger partial charge on any atom is 0.238 e. The molecule has 190 valence electrons. The lowest BCUT2D eigenvalue weighted by molar-refractivity contribution is -0.116. The summed E-state index contributed by atoms with van der Waals surface area (Å²) < 4.78 is 2.11. The van der Waals surface area contributed by atoms with Crippen molar-refractivity contribution in [3.63, 3.8) is 0 Å². The van der Waals surface area contributed by atoms with E-state index in [9.17, 15) is 4.79 Å². The summed E-state index contributed by atoms with van der Waals surface area (Å²) in [6.45, 7) is 0.601. The summed E-state index contributed by atoms with van der Waals surface area (Å²) in [5.74, 6) is 1.19. The molecule has 6 rings (SSSR count). The van der Waals surface area contributed by atoms with Gasteiger partial charge in [0, 0.05) is 16.3 Å². The van der Waals surface area contributed by atoms with E-state index >= 15 is 0 Å². The number of rotatable bonds is 7. The van der Waals surface area contributed by atoms with Crippen LogP contribution < -0.4 is 4.90 Å². The molecule has 38 heavy (non-hydrogen) atoms. The number of aromatic nitrogens is 3. The summed E-state index contributed by atoms with van der Waals surface area (Å²) in [5, 5.41) is 10.7. The zero-order chi connectivity index (χ0) is 25.9. The molecule has 0 N–H and O–H groups in total. The molecule has 4 aromatic rings. The molecule has 1 aliphatic carbocycles. The lowest BCUT2D eigenvalue weighted by atomic mass is 10.0. The van der Waals surface area contributed by atoms with Crippen molar-refractivity contribution >= 4 is 46.7 Å². The minimum absolute atomic E-state index is 0.00595. The van der Waals surface area contributed by atoms with Gasteiger partial charge in [0.25, 0.3) is 0 Å². The first-order valence-corrected chi connectivity index (χ1v) is 14.7. The molecule has 1 aromatic heterocycles. The summed E-state index contributed by atoms with van der Waals surface area (Å²) in [6, 6.07) is 26.2. The molecule has 0 unspecified atom stereocenters.